The Morgan fingerprint density at radius 3 is 2.06 bits per heavy atom. The first-order valence-corrected chi connectivity index (χ1v) is 6.24. The van der Waals surface area contributed by atoms with Gasteiger partial charge in [0.05, 0.1) is 26.9 Å². The number of ether oxygens (including phenoxy) is 3. The number of methoxy groups -OCH3 is 2. The number of hydrogen-bond donors (Lipinski definition) is 1. The lowest BCUT2D eigenvalue weighted by Crippen LogP contribution is -2.02. The summed E-state index contributed by atoms with van der Waals surface area (Å²) < 4.78 is 16.1. The second kappa shape index (κ2) is 7.11. The van der Waals surface area contributed by atoms with E-state index in [1.54, 1.807) is 26.4 Å². The maximum Gasteiger partial charge on any atom is 0.203 e. The smallest absolute Gasteiger partial charge is 0.203 e. The van der Waals surface area contributed by atoms with Crippen LogP contribution in [0, 0.1) is 0 Å². The Balaban J connectivity index is 3.16. The molecule has 1 aromatic rings. The Morgan fingerprint density at radius 2 is 1.67 bits per heavy atom. The van der Waals surface area contributed by atoms with Gasteiger partial charge in [-0.15, -0.1) is 0 Å². The molecule has 0 fully saturated rings. The van der Waals surface area contributed by atoms with Gasteiger partial charge in [0, 0.05) is 0 Å². The van der Waals surface area contributed by atoms with Crippen LogP contribution in [-0.4, -0.2) is 25.9 Å². The third-order valence-electron chi connectivity index (χ3n) is 2.72. The van der Waals surface area contributed by atoms with Gasteiger partial charge >= 0.3 is 0 Å². The van der Waals surface area contributed by atoms with Crippen molar-refractivity contribution in [1.29, 1.82) is 0 Å². The van der Waals surface area contributed by atoms with E-state index in [1.807, 2.05) is 13.8 Å². The fourth-order valence-corrected chi connectivity index (χ4v) is 1.82. The van der Waals surface area contributed by atoms with Gasteiger partial charge in [-0.05, 0) is 31.0 Å². The summed E-state index contributed by atoms with van der Waals surface area (Å²) >= 11 is 0. The maximum atomic E-state index is 10.0. The molecule has 0 bridgehead atoms. The summed E-state index contributed by atoms with van der Waals surface area (Å²) in [6, 6.07) is 3.60. The number of benzene rings is 1. The highest BCUT2D eigenvalue weighted by molar-refractivity contribution is 5.54. The lowest BCUT2D eigenvalue weighted by atomic mass is 10.0. The summed E-state index contributed by atoms with van der Waals surface area (Å²) in [4.78, 5) is 0. The van der Waals surface area contributed by atoms with Crippen molar-refractivity contribution in [3.05, 3.63) is 17.7 Å². The van der Waals surface area contributed by atoms with Crippen LogP contribution in [0.15, 0.2) is 12.1 Å². The van der Waals surface area contributed by atoms with Crippen molar-refractivity contribution in [3.8, 4) is 17.2 Å². The fourth-order valence-electron chi connectivity index (χ4n) is 1.82. The monoisotopic (exact) mass is 254 g/mol. The second-order valence-corrected chi connectivity index (χ2v) is 3.99. The summed E-state index contributed by atoms with van der Waals surface area (Å²) in [5.74, 6) is 1.75. The van der Waals surface area contributed by atoms with Crippen LogP contribution in [0.25, 0.3) is 0 Å². The van der Waals surface area contributed by atoms with Gasteiger partial charge in [0.15, 0.2) is 11.5 Å². The van der Waals surface area contributed by atoms with Crippen molar-refractivity contribution in [2.45, 2.75) is 32.8 Å². The van der Waals surface area contributed by atoms with Crippen LogP contribution in [0.2, 0.25) is 0 Å². The largest absolute Gasteiger partial charge is 0.493 e. The molecule has 0 aliphatic rings. The average Bonchev–Trinajstić information content (AvgIpc) is 2.39. The molecular formula is C14H22O4. The fraction of sp³-hybridized carbons (Fsp3) is 0.571. The molecule has 1 unspecified atom stereocenters. The van der Waals surface area contributed by atoms with Crippen LogP contribution < -0.4 is 14.2 Å². The Kier molecular flexibility index (Phi) is 5.78. The van der Waals surface area contributed by atoms with Gasteiger partial charge in [-0.25, -0.2) is 0 Å². The normalized spacial score (nSPS) is 12.1. The Labute approximate surface area is 108 Å². The van der Waals surface area contributed by atoms with Gasteiger partial charge < -0.3 is 19.3 Å². The van der Waals surface area contributed by atoms with Crippen LogP contribution in [0.4, 0.5) is 0 Å². The lowest BCUT2D eigenvalue weighted by molar-refractivity contribution is 0.165. The van der Waals surface area contributed by atoms with E-state index in [1.165, 1.54) is 0 Å². The van der Waals surface area contributed by atoms with Crippen LogP contribution in [0.5, 0.6) is 17.2 Å². The topological polar surface area (TPSA) is 47.9 Å². The van der Waals surface area contributed by atoms with E-state index in [0.29, 0.717) is 30.3 Å². The zero-order valence-corrected chi connectivity index (χ0v) is 11.5. The van der Waals surface area contributed by atoms with Gasteiger partial charge in [0.25, 0.3) is 0 Å². The second-order valence-electron chi connectivity index (χ2n) is 3.99. The highest BCUT2D eigenvalue weighted by Crippen LogP contribution is 2.40. The standard InChI is InChI=1S/C14H22O4/c1-5-7-11(15)10-8-12(16-3)14(18-6-2)13(9-10)17-4/h8-9,11,15H,5-7H2,1-4H3. The molecule has 18 heavy (non-hydrogen) atoms. The summed E-state index contributed by atoms with van der Waals surface area (Å²) in [5, 5.41) is 10.0. The molecule has 1 aromatic carbocycles. The number of aliphatic hydroxyl groups is 1. The van der Waals surface area contributed by atoms with Crippen LogP contribution in [0.3, 0.4) is 0 Å². The van der Waals surface area contributed by atoms with E-state index in [4.69, 9.17) is 14.2 Å². The first-order chi connectivity index (χ1) is 8.67. The average molecular weight is 254 g/mol. The zero-order chi connectivity index (χ0) is 13.5. The minimum Gasteiger partial charge on any atom is -0.493 e. The molecule has 0 aliphatic heterocycles. The maximum absolute atomic E-state index is 10.0. The van der Waals surface area contributed by atoms with Crippen molar-refractivity contribution in [3.63, 3.8) is 0 Å². The summed E-state index contributed by atoms with van der Waals surface area (Å²) in [6.45, 7) is 4.47. The Bertz CT molecular complexity index is 351. The quantitative estimate of drug-likeness (QED) is 0.812. The van der Waals surface area contributed by atoms with Crippen LogP contribution >= 0.6 is 0 Å². The third-order valence-corrected chi connectivity index (χ3v) is 2.72. The SMILES string of the molecule is CCCC(O)c1cc(OC)c(OCC)c(OC)c1. The van der Waals surface area contributed by atoms with Crippen LogP contribution in [0.1, 0.15) is 38.4 Å². The Hall–Kier alpha value is -1.42. The highest BCUT2D eigenvalue weighted by Gasteiger charge is 2.17. The van der Waals surface area contributed by atoms with Gasteiger partial charge in [0.1, 0.15) is 0 Å². The molecule has 4 nitrogen and oxygen atoms in total. The summed E-state index contributed by atoms with van der Waals surface area (Å²) in [5.41, 5.74) is 0.786. The number of rotatable bonds is 7. The highest BCUT2D eigenvalue weighted by atomic mass is 16.5. The van der Waals surface area contributed by atoms with Crippen molar-refractivity contribution in [2.24, 2.45) is 0 Å². The first kappa shape index (κ1) is 14.6. The summed E-state index contributed by atoms with van der Waals surface area (Å²) in [7, 11) is 3.15. The molecule has 0 aliphatic carbocycles. The van der Waals surface area contributed by atoms with E-state index in [2.05, 4.69) is 0 Å². The van der Waals surface area contributed by atoms with E-state index >= 15 is 0 Å². The molecular weight excluding hydrogens is 232 g/mol. The molecule has 1 atom stereocenters. The van der Waals surface area contributed by atoms with Crippen molar-refractivity contribution < 1.29 is 19.3 Å². The van der Waals surface area contributed by atoms with Crippen molar-refractivity contribution >= 4 is 0 Å². The first-order valence-electron chi connectivity index (χ1n) is 6.24. The summed E-state index contributed by atoms with van der Waals surface area (Å²) in [6.07, 6.45) is 1.12. The van der Waals surface area contributed by atoms with Gasteiger partial charge in [0.2, 0.25) is 5.75 Å². The Morgan fingerprint density at radius 1 is 1.11 bits per heavy atom. The number of hydrogen-bond acceptors (Lipinski definition) is 4. The van der Waals surface area contributed by atoms with Gasteiger partial charge in [-0.3, -0.25) is 0 Å². The lowest BCUT2D eigenvalue weighted by Gasteiger charge is -2.17. The zero-order valence-electron chi connectivity index (χ0n) is 11.5. The molecule has 1 rings (SSSR count). The molecule has 1 N–H and O–H groups in total. The predicted molar refractivity (Wildman–Crippen MR) is 70.6 cm³/mol. The molecule has 102 valence electrons. The molecule has 0 saturated carbocycles. The van der Waals surface area contributed by atoms with Gasteiger partial charge in [-0.1, -0.05) is 13.3 Å². The van der Waals surface area contributed by atoms with E-state index in [-0.39, 0.29) is 0 Å². The molecule has 0 aromatic heterocycles. The molecule has 4 heteroatoms. The van der Waals surface area contributed by atoms with E-state index < -0.39 is 6.10 Å². The number of aliphatic hydroxyl groups excluding tert-OH is 1. The molecule has 0 heterocycles. The predicted octanol–water partition coefficient (Wildman–Crippen LogP) is 2.94. The van der Waals surface area contributed by atoms with Crippen molar-refractivity contribution in [2.75, 3.05) is 20.8 Å². The van der Waals surface area contributed by atoms with E-state index in [0.717, 1.165) is 12.0 Å². The third kappa shape index (κ3) is 3.29. The van der Waals surface area contributed by atoms with E-state index in [9.17, 15) is 5.11 Å². The molecule has 0 radical (unpaired) electrons. The van der Waals surface area contributed by atoms with Crippen LogP contribution in [-0.2, 0) is 0 Å². The minimum atomic E-state index is -0.506. The molecule has 0 spiro atoms. The molecule has 0 saturated heterocycles. The van der Waals surface area contributed by atoms with Gasteiger partial charge in [-0.2, -0.15) is 0 Å². The van der Waals surface area contributed by atoms with Crippen molar-refractivity contribution in [1.82, 2.24) is 0 Å². The minimum absolute atomic E-state index is 0.506. The molecule has 0 amide bonds.